The van der Waals surface area contributed by atoms with Gasteiger partial charge in [-0.15, -0.1) is 0 Å². The molecule has 2 aromatic carbocycles. The highest BCUT2D eigenvalue weighted by Gasteiger charge is 2.16. The van der Waals surface area contributed by atoms with Crippen molar-refractivity contribution in [2.75, 3.05) is 33.2 Å². The van der Waals surface area contributed by atoms with Gasteiger partial charge < -0.3 is 4.90 Å². The van der Waals surface area contributed by atoms with Crippen LogP contribution in [0, 0.1) is 0 Å². The summed E-state index contributed by atoms with van der Waals surface area (Å²) >= 11 is 0. The maximum Gasteiger partial charge on any atom is 0.0436 e. The molecule has 1 saturated heterocycles. The van der Waals surface area contributed by atoms with Gasteiger partial charge >= 0.3 is 0 Å². The summed E-state index contributed by atoms with van der Waals surface area (Å²) in [6, 6.07) is 15.6. The molecular formula is C17H23N3. The normalized spacial score (nSPS) is 19.3. The molecule has 1 aliphatic heterocycles. The summed E-state index contributed by atoms with van der Waals surface area (Å²) < 4.78 is 0. The Morgan fingerprint density at radius 2 is 1.65 bits per heavy atom. The molecule has 1 aliphatic rings. The van der Waals surface area contributed by atoms with Gasteiger partial charge in [0, 0.05) is 32.2 Å². The average Bonchev–Trinajstić information content (AvgIpc) is 2.49. The zero-order chi connectivity index (χ0) is 13.9. The zero-order valence-electron chi connectivity index (χ0n) is 12.3. The Hall–Kier alpha value is -1.42. The van der Waals surface area contributed by atoms with Crippen molar-refractivity contribution in [2.24, 2.45) is 0 Å². The van der Waals surface area contributed by atoms with Crippen molar-refractivity contribution >= 4 is 10.8 Å². The Morgan fingerprint density at radius 1 is 0.950 bits per heavy atom. The number of piperazine rings is 1. The summed E-state index contributed by atoms with van der Waals surface area (Å²) in [6.07, 6.45) is 0. The van der Waals surface area contributed by atoms with Gasteiger partial charge in [0.05, 0.1) is 0 Å². The molecule has 1 unspecified atom stereocenters. The van der Waals surface area contributed by atoms with Crippen LogP contribution >= 0.6 is 0 Å². The van der Waals surface area contributed by atoms with Crippen molar-refractivity contribution in [2.45, 2.75) is 13.0 Å². The number of hydrazine groups is 1. The third-order valence-corrected chi connectivity index (χ3v) is 4.15. The van der Waals surface area contributed by atoms with E-state index in [1.165, 1.54) is 16.3 Å². The second kappa shape index (κ2) is 5.92. The monoisotopic (exact) mass is 269 g/mol. The molecule has 0 saturated carbocycles. The third kappa shape index (κ3) is 3.01. The molecule has 3 heteroatoms. The van der Waals surface area contributed by atoms with Gasteiger partial charge in [0.25, 0.3) is 0 Å². The Balaban J connectivity index is 1.70. The lowest BCUT2D eigenvalue weighted by Crippen LogP contribution is -2.51. The molecule has 3 nitrogen and oxygen atoms in total. The van der Waals surface area contributed by atoms with Gasteiger partial charge in [0.2, 0.25) is 0 Å². The van der Waals surface area contributed by atoms with Crippen LogP contribution in [-0.4, -0.2) is 43.1 Å². The molecule has 0 aliphatic carbocycles. The summed E-state index contributed by atoms with van der Waals surface area (Å²) in [6.45, 7) is 6.69. The second-order valence-corrected chi connectivity index (χ2v) is 5.75. The maximum absolute atomic E-state index is 3.63. The van der Waals surface area contributed by atoms with Gasteiger partial charge in [-0.05, 0) is 36.4 Å². The van der Waals surface area contributed by atoms with Crippen LogP contribution in [0.25, 0.3) is 10.8 Å². The van der Waals surface area contributed by atoms with Crippen LogP contribution < -0.4 is 5.43 Å². The molecule has 1 heterocycles. The van der Waals surface area contributed by atoms with Gasteiger partial charge in [-0.25, -0.2) is 10.4 Å². The van der Waals surface area contributed by atoms with Gasteiger partial charge in [-0.2, -0.15) is 0 Å². The lowest BCUT2D eigenvalue weighted by Gasteiger charge is -2.34. The molecule has 0 aromatic heterocycles. The average molecular weight is 269 g/mol. The van der Waals surface area contributed by atoms with Crippen molar-refractivity contribution in [1.29, 1.82) is 0 Å². The summed E-state index contributed by atoms with van der Waals surface area (Å²) in [5.41, 5.74) is 4.98. The number of hydrogen-bond acceptors (Lipinski definition) is 3. The first-order valence-electron chi connectivity index (χ1n) is 7.41. The van der Waals surface area contributed by atoms with Crippen molar-refractivity contribution in [1.82, 2.24) is 15.3 Å². The lowest BCUT2D eigenvalue weighted by molar-refractivity contribution is 0.0899. The highest BCUT2D eigenvalue weighted by molar-refractivity contribution is 5.83. The Kier molecular flexibility index (Phi) is 4.01. The molecule has 3 rings (SSSR count). The van der Waals surface area contributed by atoms with E-state index in [0.29, 0.717) is 6.04 Å². The minimum absolute atomic E-state index is 0.350. The van der Waals surface area contributed by atoms with E-state index in [4.69, 9.17) is 0 Å². The Labute approximate surface area is 121 Å². The van der Waals surface area contributed by atoms with Gasteiger partial charge in [0.15, 0.2) is 0 Å². The minimum Gasteiger partial charge on any atom is -0.304 e. The van der Waals surface area contributed by atoms with Crippen LogP contribution in [0.5, 0.6) is 0 Å². The number of benzene rings is 2. The van der Waals surface area contributed by atoms with Gasteiger partial charge in [-0.1, -0.05) is 36.4 Å². The maximum atomic E-state index is 3.63. The van der Waals surface area contributed by atoms with Crippen molar-refractivity contribution < 1.29 is 0 Å². The molecule has 1 N–H and O–H groups in total. The van der Waals surface area contributed by atoms with E-state index in [1.54, 1.807) is 0 Å². The summed E-state index contributed by atoms with van der Waals surface area (Å²) in [7, 11) is 2.18. The van der Waals surface area contributed by atoms with Crippen LogP contribution in [0.4, 0.5) is 0 Å². The third-order valence-electron chi connectivity index (χ3n) is 4.15. The molecule has 0 amide bonds. The second-order valence-electron chi connectivity index (χ2n) is 5.75. The summed E-state index contributed by atoms with van der Waals surface area (Å²) in [4.78, 5) is 2.37. The molecule has 0 bridgehead atoms. The highest BCUT2D eigenvalue weighted by atomic mass is 15.5. The molecule has 1 atom stereocenters. The van der Waals surface area contributed by atoms with Gasteiger partial charge in [-0.3, -0.25) is 0 Å². The number of nitrogens with zero attached hydrogens (tertiary/aromatic N) is 2. The van der Waals surface area contributed by atoms with E-state index >= 15 is 0 Å². The van der Waals surface area contributed by atoms with Crippen LogP contribution in [0.1, 0.15) is 18.5 Å². The van der Waals surface area contributed by atoms with Crippen LogP contribution in [0.15, 0.2) is 42.5 Å². The fourth-order valence-corrected chi connectivity index (χ4v) is 2.76. The quantitative estimate of drug-likeness (QED) is 0.924. The number of likely N-dealkylation sites (N-methyl/N-ethyl adjacent to an activating group) is 1. The van der Waals surface area contributed by atoms with Crippen molar-refractivity contribution in [3.63, 3.8) is 0 Å². The number of rotatable bonds is 3. The molecule has 106 valence electrons. The molecular weight excluding hydrogens is 246 g/mol. The SMILES string of the molecule is CC(NN1CCN(C)CC1)c1ccc2ccccc2c1. The molecule has 0 radical (unpaired) electrons. The van der Waals surface area contributed by atoms with Crippen LogP contribution in [0.3, 0.4) is 0 Å². The van der Waals surface area contributed by atoms with E-state index in [1.807, 2.05) is 0 Å². The molecule has 1 fully saturated rings. The van der Waals surface area contributed by atoms with E-state index in [-0.39, 0.29) is 0 Å². The highest BCUT2D eigenvalue weighted by Crippen LogP contribution is 2.20. The van der Waals surface area contributed by atoms with E-state index in [2.05, 4.69) is 71.8 Å². The predicted octanol–water partition coefficient (Wildman–Crippen LogP) is 2.65. The topological polar surface area (TPSA) is 18.5 Å². The van der Waals surface area contributed by atoms with E-state index in [0.717, 1.165) is 26.2 Å². The number of hydrogen-bond donors (Lipinski definition) is 1. The first-order valence-corrected chi connectivity index (χ1v) is 7.41. The van der Waals surface area contributed by atoms with E-state index < -0.39 is 0 Å². The molecule has 2 aromatic rings. The fraction of sp³-hybridized carbons (Fsp3) is 0.412. The van der Waals surface area contributed by atoms with Crippen LogP contribution in [0.2, 0.25) is 0 Å². The minimum atomic E-state index is 0.350. The van der Waals surface area contributed by atoms with Gasteiger partial charge in [0.1, 0.15) is 0 Å². The van der Waals surface area contributed by atoms with Crippen molar-refractivity contribution in [3.05, 3.63) is 48.0 Å². The summed E-state index contributed by atoms with van der Waals surface area (Å²) in [5, 5.41) is 4.97. The van der Waals surface area contributed by atoms with Crippen molar-refractivity contribution in [3.8, 4) is 0 Å². The number of fused-ring (bicyclic) bond motifs is 1. The Morgan fingerprint density at radius 3 is 2.40 bits per heavy atom. The smallest absolute Gasteiger partial charge is 0.0436 e. The standard InChI is InChI=1S/C17H23N3/c1-14(18-20-11-9-19(2)10-12-20)16-8-7-15-5-3-4-6-17(15)13-16/h3-8,13-14,18H,9-12H2,1-2H3. The zero-order valence-corrected chi connectivity index (χ0v) is 12.3. The predicted molar refractivity (Wildman–Crippen MR) is 84.6 cm³/mol. The van der Waals surface area contributed by atoms with E-state index in [9.17, 15) is 0 Å². The fourth-order valence-electron chi connectivity index (χ4n) is 2.76. The first-order chi connectivity index (χ1) is 9.72. The summed E-state index contributed by atoms with van der Waals surface area (Å²) in [5.74, 6) is 0. The molecule has 0 spiro atoms. The number of nitrogens with one attached hydrogen (secondary N) is 1. The first kappa shape index (κ1) is 13.6. The largest absolute Gasteiger partial charge is 0.304 e. The lowest BCUT2D eigenvalue weighted by atomic mass is 10.0. The molecule has 20 heavy (non-hydrogen) atoms. The Bertz CT molecular complexity index is 573. The van der Waals surface area contributed by atoms with Crippen LogP contribution in [-0.2, 0) is 0 Å².